The summed E-state index contributed by atoms with van der Waals surface area (Å²) < 4.78 is 10.4. The number of alkyl carbamates (subject to hydrolysis) is 1. The zero-order valence-electron chi connectivity index (χ0n) is 24.0. The molecule has 3 heterocycles. The Morgan fingerprint density at radius 2 is 1.93 bits per heavy atom. The molecule has 3 saturated heterocycles. The maximum absolute atomic E-state index is 13.8. The van der Waals surface area contributed by atoms with Gasteiger partial charge in [-0.15, -0.1) is 9.32 Å². The number of ether oxygens (including phenoxy) is 1. The van der Waals surface area contributed by atoms with Crippen molar-refractivity contribution in [2.75, 3.05) is 20.1 Å². The molecule has 0 radical (unpaired) electrons. The van der Waals surface area contributed by atoms with E-state index in [1.54, 1.807) is 32.7 Å². The van der Waals surface area contributed by atoms with E-state index >= 15 is 0 Å². The molecule has 4 aliphatic rings. The number of likely N-dealkylation sites (tertiary alicyclic amines) is 3. The highest BCUT2D eigenvalue weighted by atomic mass is 32.2. The number of amides is 3. The van der Waals surface area contributed by atoms with Crippen molar-refractivity contribution in [3.8, 4) is 6.07 Å². The normalized spacial score (nSPS) is 28.3. The summed E-state index contributed by atoms with van der Waals surface area (Å²) in [5, 5.41) is 12.4. The van der Waals surface area contributed by atoms with Gasteiger partial charge >= 0.3 is 6.09 Å². The molecule has 1 saturated carbocycles. The van der Waals surface area contributed by atoms with Gasteiger partial charge in [-0.2, -0.15) is 10.7 Å². The predicted octanol–water partition coefficient (Wildman–Crippen LogP) is 2.53. The molecule has 0 spiro atoms. The molecule has 1 aromatic carbocycles. The molecule has 41 heavy (non-hydrogen) atoms. The Bertz CT molecular complexity index is 1200. The molecule has 222 valence electrons. The van der Waals surface area contributed by atoms with E-state index in [0.29, 0.717) is 25.3 Å². The third kappa shape index (κ3) is 6.32. The molecule has 0 unspecified atom stereocenters. The number of nitriles is 1. The molecule has 2 bridgehead atoms. The van der Waals surface area contributed by atoms with Crippen LogP contribution in [-0.2, 0) is 23.6 Å². The molecule has 1 aromatic rings. The topological polar surface area (TPSA) is 136 Å². The van der Waals surface area contributed by atoms with Gasteiger partial charge < -0.3 is 19.9 Å². The van der Waals surface area contributed by atoms with E-state index in [1.807, 2.05) is 41.0 Å². The predicted molar refractivity (Wildman–Crippen MR) is 148 cm³/mol. The fraction of sp³-hybridized carbons (Fsp3) is 0.643. The summed E-state index contributed by atoms with van der Waals surface area (Å²) in [5.41, 5.74) is 2.71. The van der Waals surface area contributed by atoms with Gasteiger partial charge in [-0.1, -0.05) is 12.1 Å². The lowest BCUT2D eigenvalue weighted by Gasteiger charge is -2.39. The molecule has 0 aromatic heterocycles. The minimum absolute atomic E-state index is 0.00681. The van der Waals surface area contributed by atoms with E-state index in [1.165, 1.54) is 0 Å². The van der Waals surface area contributed by atoms with Gasteiger partial charge in [0.1, 0.15) is 17.7 Å². The van der Waals surface area contributed by atoms with Crippen LogP contribution in [0.25, 0.3) is 0 Å². The van der Waals surface area contributed by atoms with Crippen LogP contribution in [-0.4, -0.2) is 88.6 Å². The van der Waals surface area contributed by atoms with Crippen molar-refractivity contribution >= 4 is 30.0 Å². The van der Waals surface area contributed by atoms with Crippen molar-refractivity contribution in [2.45, 2.75) is 93.7 Å². The van der Waals surface area contributed by atoms with Gasteiger partial charge in [0.05, 0.1) is 30.2 Å². The van der Waals surface area contributed by atoms with E-state index in [-0.39, 0.29) is 42.5 Å². The minimum Gasteiger partial charge on any atom is -0.444 e. The third-order valence-corrected chi connectivity index (χ3v) is 8.86. The van der Waals surface area contributed by atoms with Gasteiger partial charge in [-0.05, 0) is 70.6 Å². The quantitative estimate of drug-likeness (QED) is 0.182. The zero-order valence-corrected chi connectivity index (χ0v) is 24.8. The highest BCUT2D eigenvalue weighted by molar-refractivity contribution is 7.94. The Morgan fingerprint density at radius 1 is 1.20 bits per heavy atom. The van der Waals surface area contributed by atoms with Crippen molar-refractivity contribution in [1.29, 1.82) is 5.26 Å². The Hall–Kier alpha value is -2.89. The summed E-state index contributed by atoms with van der Waals surface area (Å²) in [5.74, 6) is 0.0849. The van der Waals surface area contributed by atoms with Crippen LogP contribution in [0.15, 0.2) is 29.2 Å². The molecule has 12 nitrogen and oxygen atoms in total. The SMILES string of the molecule is CNOOSc1ccc([C@@H](C)N2C(=O)[C@H]3C[C@@H]2CN3C[C@H](NC(=O)OC(C)(C)C)C(=O)N2[C@H](C#N)C[C@@H]3C[C@@H]32)cc1. The molecule has 2 N–H and O–H groups in total. The number of hydrogen-bond acceptors (Lipinski definition) is 10. The van der Waals surface area contributed by atoms with E-state index in [0.717, 1.165) is 28.9 Å². The van der Waals surface area contributed by atoms with Crippen LogP contribution in [0.4, 0.5) is 4.79 Å². The summed E-state index contributed by atoms with van der Waals surface area (Å²) in [7, 11) is 1.60. The average Bonchev–Trinajstić information content (AvgIpc) is 3.24. The maximum Gasteiger partial charge on any atom is 0.408 e. The minimum atomic E-state index is -0.919. The van der Waals surface area contributed by atoms with Crippen LogP contribution >= 0.6 is 12.0 Å². The number of piperazine rings is 1. The Morgan fingerprint density at radius 3 is 2.56 bits per heavy atom. The second-order valence-electron chi connectivity index (χ2n) is 12.2. The van der Waals surface area contributed by atoms with E-state index in [2.05, 4.69) is 21.9 Å². The standard InChI is InChI=1S/C28H38N6O6S/c1-16(17-6-8-21(9-7-17)41-40-39-30-5)33-20-12-24(26(33)36)32(14-20)15-22(31-27(37)38-28(2,3)4)25(35)34-19(13-29)10-18-11-23(18)34/h6-9,16,18-20,22-24,30H,10-12,14-15H2,1-5H3,(H,31,37)/t16-,18-,19+,20-,22+,23+,24-/m1/s1. The van der Waals surface area contributed by atoms with Crippen molar-refractivity contribution in [3.63, 3.8) is 0 Å². The Labute approximate surface area is 244 Å². The first-order valence-electron chi connectivity index (χ1n) is 14.0. The average molecular weight is 587 g/mol. The molecule has 13 heteroatoms. The number of nitrogens with one attached hydrogen (secondary N) is 2. The number of benzene rings is 1. The molecule has 3 amide bonds. The number of nitrogens with zero attached hydrogens (tertiary/aromatic N) is 4. The Balaban J connectivity index is 1.26. The van der Waals surface area contributed by atoms with Gasteiger partial charge in [-0.3, -0.25) is 14.5 Å². The van der Waals surface area contributed by atoms with Gasteiger partial charge in [0.2, 0.25) is 11.8 Å². The monoisotopic (exact) mass is 586 g/mol. The smallest absolute Gasteiger partial charge is 0.408 e. The fourth-order valence-electron chi connectivity index (χ4n) is 6.39. The first-order chi connectivity index (χ1) is 19.5. The summed E-state index contributed by atoms with van der Waals surface area (Å²) in [6, 6.07) is 8.15. The number of piperidine rings is 1. The van der Waals surface area contributed by atoms with E-state index in [9.17, 15) is 19.6 Å². The van der Waals surface area contributed by atoms with Crippen LogP contribution < -0.4 is 10.8 Å². The highest BCUT2D eigenvalue weighted by Crippen LogP contribution is 2.48. The van der Waals surface area contributed by atoms with Gasteiger partial charge in [0.25, 0.3) is 0 Å². The summed E-state index contributed by atoms with van der Waals surface area (Å²) in [6.45, 7) is 8.07. The fourth-order valence-corrected chi connectivity index (χ4v) is 6.82. The van der Waals surface area contributed by atoms with E-state index in [4.69, 9.17) is 9.07 Å². The third-order valence-electron chi connectivity index (χ3n) is 8.26. The molecule has 7 atom stereocenters. The lowest BCUT2D eigenvalue weighted by Crippen LogP contribution is -2.59. The molecule has 1 aliphatic carbocycles. The van der Waals surface area contributed by atoms with Crippen LogP contribution in [0.1, 0.15) is 58.6 Å². The molecule has 5 rings (SSSR count). The van der Waals surface area contributed by atoms with Gasteiger partial charge in [-0.25, -0.2) is 4.79 Å². The van der Waals surface area contributed by atoms with Crippen molar-refractivity contribution in [3.05, 3.63) is 29.8 Å². The largest absolute Gasteiger partial charge is 0.444 e. The van der Waals surface area contributed by atoms with Crippen molar-refractivity contribution < 1.29 is 28.4 Å². The number of hydroxylamine groups is 1. The summed E-state index contributed by atoms with van der Waals surface area (Å²) in [4.78, 5) is 51.2. The van der Waals surface area contributed by atoms with Crippen LogP contribution in [0.3, 0.4) is 0 Å². The number of rotatable bonds is 10. The number of carbonyl (C=O) groups excluding carboxylic acids is 3. The summed E-state index contributed by atoms with van der Waals surface area (Å²) in [6.07, 6.45) is 1.53. The lowest BCUT2D eigenvalue weighted by atomic mass is 10.1. The van der Waals surface area contributed by atoms with Crippen LogP contribution in [0, 0.1) is 17.2 Å². The highest BCUT2D eigenvalue weighted by Gasteiger charge is 2.56. The van der Waals surface area contributed by atoms with Crippen molar-refractivity contribution in [1.82, 2.24) is 25.5 Å². The number of carbonyl (C=O) groups is 3. The zero-order chi connectivity index (χ0) is 29.5. The van der Waals surface area contributed by atoms with Gasteiger partial charge in [0, 0.05) is 37.1 Å². The molecular formula is C28H38N6O6S. The second kappa shape index (κ2) is 11.8. The second-order valence-corrected chi connectivity index (χ2v) is 13.0. The number of fused-ring (bicyclic) bond motifs is 3. The molecule has 3 aliphatic heterocycles. The first-order valence-corrected chi connectivity index (χ1v) is 14.8. The summed E-state index contributed by atoms with van der Waals surface area (Å²) >= 11 is 1.08. The van der Waals surface area contributed by atoms with Gasteiger partial charge in [0.15, 0.2) is 0 Å². The lowest BCUT2D eigenvalue weighted by molar-refractivity contribution is -0.237. The Kier molecular flexibility index (Phi) is 8.50. The van der Waals surface area contributed by atoms with E-state index < -0.39 is 23.8 Å². The first kappa shape index (κ1) is 29.6. The van der Waals surface area contributed by atoms with Crippen LogP contribution in [0.5, 0.6) is 0 Å². The molecule has 4 fully saturated rings. The van der Waals surface area contributed by atoms with Crippen molar-refractivity contribution in [2.24, 2.45) is 5.92 Å². The number of hydrogen-bond donors (Lipinski definition) is 2. The molecular weight excluding hydrogens is 548 g/mol. The van der Waals surface area contributed by atoms with Crippen LogP contribution in [0.2, 0.25) is 0 Å². The maximum atomic E-state index is 13.8.